The molecule has 1 unspecified atom stereocenters. The molecule has 27 heavy (non-hydrogen) atoms. The molecule has 148 valence electrons. The first-order valence-corrected chi connectivity index (χ1v) is 10.4. The summed E-state index contributed by atoms with van der Waals surface area (Å²) >= 11 is 1.41. The van der Waals surface area contributed by atoms with E-state index in [1.165, 1.54) is 43.7 Å². The number of carbonyl (C=O) groups is 1. The van der Waals surface area contributed by atoms with Crippen LogP contribution in [0, 0.1) is 6.92 Å². The quantitative estimate of drug-likeness (QED) is 0.720. The molecule has 0 aromatic carbocycles. The summed E-state index contributed by atoms with van der Waals surface area (Å²) in [5, 5.41) is 7.38. The van der Waals surface area contributed by atoms with Gasteiger partial charge in [0.1, 0.15) is 17.0 Å². The van der Waals surface area contributed by atoms with Gasteiger partial charge in [0.15, 0.2) is 0 Å². The van der Waals surface area contributed by atoms with Crippen molar-refractivity contribution in [3.05, 3.63) is 16.8 Å². The number of hydrogen-bond donors (Lipinski definition) is 2. The van der Waals surface area contributed by atoms with E-state index in [2.05, 4.69) is 25.5 Å². The van der Waals surface area contributed by atoms with Crippen molar-refractivity contribution in [3.8, 4) is 0 Å². The van der Waals surface area contributed by atoms with Crippen molar-refractivity contribution in [1.29, 1.82) is 0 Å². The van der Waals surface area contributed by atoms with Crippen LogP contribution in [-0.4, -0.2) is 66.7 Å². The number of aromatic nitrogens is 2. The molecule has 1 atom stereocenters. The maximum absolute atomic E-state index is 12.6. The summed E-state index contributed by atoms with van der Waals surface area (Å²) in [7, 11) is 1.63. The van der Waals surface area contributed by atoms with Gasteiger partial charge >= 0.3 is 0 Å². The third-order valence-corrected chi connectivity index (χ3v) is 6.09. The van der Waals surface area contributed by atoms with Crippen molar-refractivity contribution < 1.29 is 9.53 Å². The van der Waals surface area contributed by atoms with E-state index in [9.17, 15) is 4.79 Å². The molecule has 0 bridgehead atoms. The van der Waals surface area contributed by atoms with Gasteiger partial charge in [-0.15, -0.1) is 11.3 Å². The molecule has 0 aliphatic carbocycles. The zero-order chi connectivity index (χ0) is 19.2. The predicted octanol–water partition coefficient (Wildman–Crippen LogP) is 2.66. The standard InChI is InChI=1S/C19H29N5O2S/c1-13(11-26-3)23-18(25)16-14(2)15-17(21-12-22-19(15)27-16)20-7-10-24-8-5-4-6-9-24/h12-13H,4-11H2,1-3H3,(H,23,25)(H,20,21,22). The predicted molar refractivity (Wildman–Crippen MR) is 110 cm³/mol. The number of piperidine rings is 1. The number of fused-ring (bicyclic) bond motifs is 1. The molecule has 1 aliphatic heterocycles. The van der Waals surface area contributed by atoms with Gasteiger partial charge in [-0.2, -0.15) is 0 Å². The first kappa shape index (κ1) is 20.0. The number of nitrogens with one attached hydrogen (secondary N) is 2. The summed E-state index contributed by atoms with van der Waals surface area (Å²) in [6.45, 7) is 8.60. The highest BCUT2D eigenvalue weighted by molar-refractivity contribution is 7.20. The van der Waals surface area contributed by atoms with Crippen molar-refractivity contribution in [2.75, 3.05) is 45.2 Å². The Bertz CT molecular complexity index is 773. The van der Waals surface area contributed by atoms with Crippen molar-refractivity contribution in [3.63, 3.8) is 0 Å². The molecular formula is C19H29N5O2S. The van der Waals surface area contributed by atoms with Crippen LogP contribution < -0.4 is 10.6 Å². The SMILES string of the molecule is COCC(C)NC(=O)c1sc2ncnc(NCCN3CCCCC3)c2c1C. The summed E-state index contributed by atoms with van der Waals surface area (Å²) < 4.78 is 5.10. The fourth-order valence-corrected chi connectivity index (χ4v) is 4.57. The molecular weight excluding hydrogens is 362 g/mol. The number of ether oxygens (including phenoxy) is 1. The van der Waals surface area contributed by atoms with Gasteiger partial charge in [0.2, 0.25) is 0 Å². The van der Waals surface area contributed by atoms with Crippen LogP contribution >= 0.6 is 11.3 Å². The van der Waals surface area contributed by atoms with Crippen LogP contribution in [-0.2, 0) is 4.74 Å². The van der Waals surface area contributed by atoms with Crippen LogP contribution in [0.3, 0.4) is 0 Å². The second-order valence-corrected chi connectivity index (χ2v) is 8.12. The number of thiophene rings is 1. The van der Waals surface area contributed by atoms with E-state index in [1.54, 1.807) is 13.4 Å². The van der Waals surface area contributed by atoms with Crippen molar-refractivity contribution in [1.82, 2.24) is 20.2 Å². The van der Waals surface area contributed by atoms with Gasteiger partial charge in [0.05, 0.1) is 16.9 Å². The van der Waals surface area contributed by atoms with Crippen molar-refractivity contribution in [2.24, 2.45) is 0 Å². The zero-order valence-corrected chi connectivity index (χ0v) is 17.2. The highest BCUT2D eigenvalue weighted by atomic mass is 32.1. The lowest BCUT2D eigenvalue weighted by Crippen LogP contribution is -2.35. The normalized spacial score (nSPS) is 16.4. The largest absolute Gasteiger partial charge is 0.383 e. The summed E-state index contributed by atoms with van der Waals surface area (Å²) in [6, 6.07) is -0.0414. The number of amides is 1. The summed E-state index contributed by atoms with van der Waals surface area (Å²) in [5.74, 6) is 0.731. The number of carbonyl (C=O) groups excluding carboxylic acids is 1. The Kier molecular flexibility index (Phi) is 6.98. The Morgan fingerprint density at radius 2 is 2.11 bits per heavy atom. The van der Waals surface area contributed by atoms with Gasteiger partial charge in [0.25, 0.3) is 5.91 Å². The molecule has 0 saturated carbocycles. The topological polar surface area (TPSA) is 79.4 Å². The maximum atomic E-state index is 12.6. The molecule has 2 N–H and O–H groups in total. The lowest BCUT2D eigenvalue weighted by atomic mass is 10.1. The van der Waals surface area contributed by atoms with Crippen LogP contribution in [0.2, 0.25) is 0 Å². The molecule has 2 aromatic heterocycles. The molecule has 3 rings (SSSR count). The monoisotopic (exact) mass is 391 g/mol. The molecule has 7 nitrogen and oxygen atoms in total. The highest BCUT2D eigenvalue weighted by Gasteiger charge is 2.20. The van der Waals surface area contributed by atoms with Gasteiger partial charge in [-0.1, -0.05) is 6.42 Å². The van der Waals surface area contributed by atoms with E-state index in [0.29, 0.717) is 11.5 Å². The van der Waals surface area contributed by atoms with Gasteiger partial charge in [-0.3, -0.25) is 4.79 Å². The average molecular weight is 392 g/mol. The first-order chi connectivity index (χ1) is 13.1. The van der Waals surface area contributed by atoms with Gasteiger partial charge in [0, 0.05) is 26.2 Å². The Morgan fingerprint density at radius 1 is 1.33 bits per heavy atom. The molecule has 8 heteroatoms. The van der Waals surface area contributed by atoms with Crippen LogP contribution in [0.25, 0.3) is 10.2 Å². The Hall–Kier alpha value is -1.77. The van der Waals surface area contributed by atoms with Crippen LogP contribution in [0.1, 0.15) is 41.4 Å². The van der Waals surface area contributed by atoms with Crippen molar-refractivity contribution >= 4 is 33.3 Å². The number of hydrogen-bond acceptors (Lipinski definition) is 7. The number of likely N-dealkylation sites (tertiary alicyclic amines) is 1. The molecule has 2 aromatic rings. The van der Waals surface area contributed by atoms with E-state index < -0.39 is 0 Å². The molecule has 0 radical (unpaired) electrons. The van der Waals surface area contributed by atoms with Crippen LogP contribution in [0.4, 0.5) is 5.82 Å². The van der Waals surface area contributed by atoms with E-state index in [-0.39, 0.29) is 11.9 Å². The maximum Gasteiger partial charge on any atom is 0.262 e. The molecule has 1 aliphatic rings. The number of rotatable bonds is 8. The molecule has 0 spiro atoms. The lowest BCUT2D eigenvalue weighted by molar-refractivity contribution is 0.0909. The highest BCUT2D eigenvalue weighted by Crippen LogP contribution is 2.33. The number of anilines is 1. The number of nitrogens with zero attached hydrogens (tertiary/aromatic N) is 3. The van der Waals surface area contributed by atoms with E-state index >= 15 is 0 Å². The Balaban J connectivity index is 1.71. The lowest BCUT2D eigenvalue weighted by Gasteiger charge is -2.26. The second kappa shape index (κ2) is 9.43. The Labute approximate surface area is 164 Å². The minimum atomic E-state index is -0.0840. The van der Waals surface area contributed by atoms with Gasteiger partial charge < -0.3 is 20.3 Å². The smallest absolute Gasteiger partial charge is 0.262 e. The van der Waals surface area contributed by atoms with E-state index in [0.717, 1.165) is 34.7 Å². The summed E-state index contributed by atoms with van der Waals surface area (Å²) in [5.41, 5.74) is 0.929. The van der Waals surface area contributed by atoms with E-state index in [4.69, 9.17) is 4.74 Å². The number of aryl methyl sites for hydroxylation is 1. The molecule has 3 heterocycles. The van der Waals surface area contributed by atoms with Crippen molar-refractivity contribution in [2.45, 2.75) is 39.2 Å². The molecule has 1 amide bonds. The Morgan fingerprint density at radius 3 is 2.85 bits per heavy atom. The minimum absolute atomic E-state index is 0.0414. The third kappa shape index (κ3) is 4.94. The zero-order valence-electron chi connectivity index (χ0n) is 16.4. The summed E-state index contributed by atoms with van der Waals surface area (Å²) in [6.07, 6.45) is 5.50. The van der Waals surface area contributed by atoms with E-state index in [1.807, 2.05) is 13.8 Å². The fraction of sp³-hybridized carbons (Fsp3) is 0.632. The molecule has 1 saturated heterocycles. The van der Waals surface area contributed by atoms with Gasteiger partial charge in [-0.25, -0.2) is 9.97 Å². The first-order valence-electron chi connectivity index (χ1n) is 9.60. The summed E-state index contributed by atoms with van der Waals surface area (Å²) in [4.78, 5) is 25.4. The third-order valence-electron chi connectivity index (χ3n) is 4.90. The van der Waals surface area contributed by atoms with Crippen LogP contribution in [0.15, 0.2) is 6.33 Å². The minimum Gasteiger partial charge on any atom is -0.383 e. The molecule has 1 fully saturated rings. The van der Waals surface area contributed by atoms with Crippen LogP contribution in [0.5, 0.6) is 0 Å². The fourth-order valence-electron chi connectivity index (χ4n) is 3.52. The second-order valence-electron chi connectivity index (χ2n) is 7.12. The number of methoxy groups -OCH3 is 1. The van der Waals surface area contributed by atoms with Gasteiger partial charge in [-0.05, 0) is 45.3 Å². The average Bonchev–Trinajstić information content (AvgIpc) is 3.00.